The lowest BCUT2D eigenvalue weighted by molar-refractivity contribution is -0.120. The molecule has 1 atom stereocenters. The van der Waals surface area contributed by atoms with Gasteiger partial charge in [0.2, 0.25) is 5.91 Å². The van der Waals surface area contributed by atoms with E-state index in [2.05, 4.69) is 34.9 Å². The second-order valence-electron chi connectivity index (χ2n) is 4.90. The molecule has 1 aromatic carbocycles. The molecule has 0 saturated carbocycles. The van der Waals surface area contributed by atoms with E-state index in [1.54, 1.807) is 0 Å². The van der Waals surface area contributed by atoms with E-state index in [4.69, 9.17) is 0 Å². The van der Waals surface area contributed by atoms with Crippen LogP contribution in [0.4, 0.5) is 0 Å². The van der Waals surface area contributed by atoms with Crippen molar-refractivity contribution in [2.24, 2.45) is 0 Å². The SMILES string of the molecule is CC(C)NC(=O)CNCC1CSc2ccccc21. The van der Waals surface area contributed by atoms with Gasteiger partial charge >= 0.3 is 0 Å². The zero-order chi connectivity index (χ0) is 13.0. The van der Waals surface area contributed by atoms with Crippen LogP contribution < -0.4 is 10.6 Å². The lowest BCUT2D eigenvalue weighted by Gasteiger charge is -2.13. The molecule has 0 radical (unpaired) electrons. The van der Waals surface area contributed by atoms with E-state index in [1.165, 1.54) is 10.5 Å². The molecule has 0 aliphatic carbocycles. The molecule has 98 valence electrons. The number of nitrogens with one attached hydrogen (secondary N) is 2. The summed E-state index contributed by atoms with van der Waals surface area (Å²) in [5, 5.41) is 6.13. The first-order valence-electron chi connectivity index (χ1n) is 6.38. The van der Waals surface area contributed by atoms with E-state index in [0.29, 0.717) is 12.5 Å². The molecule has 0 spiro atoms. The summed E-state index contributed by atoms with van der Waals surface area (Å²) in [6.45, 7) is 5.22. The summed E-state index contributed by atoms with van der Waals surface area (Å²) in [5.74, 6) is 1.71. The Bertz CT molecular complexity index is 420. The minimum absolute atomic E-state index is 0.0731. The van der Waals surface area contributed by atoms with Crippen LogP contribution in [0.2, 0.25) is 0 Å². The van der Waals surface area contributed by atoms with Crippen molar-refractivity contribution < 1.29 is 4.79 Å². The van der Waals surface area contributed by atoms with Gasteiger partial charge in [-0.1, -0.05) is 18.2 Å². The third kappa shape index (κ3) is 3.50. The topological polar surface area (TPSA) is 41.1 Å². The Morgan fingerprint density at radius 2 is 2.22 bits per heavy atom. The lowest BCUT2D eigenvalue weighted by Crippen LogP contribution is -2.38. The van der Waals surface area contributed by atoms with E-state index < -0.39 is 0 Å². The Morgan fingerprint density at radius 3 is 3.00 bits per heavy atom. The molecule has 18 heavy (non-hydrogen) atoms. The fourth-order valence-corrected chi connectivity index (χ4v) is 3.39. The van der Waals surface area contributed by atoms with E-state index in [-0.39, 0.29) is 11.9 Å². The van der Waals surface area contributed by atoms with Gasteiger partial charge in [-0.15, -0.1) is 11.8 Å². The molecule has 1 amide bonds. The fraction of sp³-hybridized carbons (Fsp3) is 0.500. The number of benzene rings is 1. The summed E-state index contributed by atoms with van der Waals surface area (Å²) in [7, 11) is 0. The summed E-state index contributed by atoms with van der Waals surface area (Å²) in [6.07, 6.45) is 0. The summed E-state index contributed by atoms with van der Waals surface area (Å²) in [6, 6.07) is 8.74. The van der Waals surface area contributed by atoms with Gasteiger partial charge in [-0.05, 0) is 25.5 Å². The zero-order valence-electron chi connectivity index (χ0n) is 10.9. The van der Waals surface area contributed by atoms with Gasteiger partial charge in [-0.3, -0.25) is 4.79 Å². The zero-order valence-corrected chi connectivity index (χ0v) is 11.7. The van der Waals surface area contributed by atoms with Gasteiger partial charge in [0.1, 0.15) is 0 Å². The quantitative estimate of drug-likeness (QED) is 0.854. The average molecular weight is 264 g/mol. The van der Waals surface area contributed by atoms with Gasteiger partial charge in [0.25, 0.3) is 0 Å². The standard InChI is InChI=1S/C14H20N2OS/c1-10(2)16-14(17)8-15-7-11-9-18-13-6-4-3-5-12(11)13/h3-6,10-11,15H,7-9H2,1-2H3,(H,16,17). The highest BCUT2D eigenvalue weighted by Crippen LogP contribution is 2.38. The first-order valence-corrected chi connectivity index (χ1v) is 7.37. The number of rotatable bonds is 5. The van der Waals surface area contributed by atoms with Crippen molar-refractivity contribution in [3.05, 3.63) is 29.8 Å². The minimum atomic E-state index is 0.0731. The highest BCUT2D eigenvalue weighted by atomic mass is 32.2. The molecule has 0 bridgehead atoms. The maximum Gasteiger partial charge on any atom is 0.234 e. The van der Waals surface area contributed by atoms with E-state index in [1.807, 2.05) is 25.6 Å². The summed E-state index contributed by atoms with van der Waals surface area (Å²) < 4.78 is 0. The van der Waals surface area contributed by atoms with Crippen LogP contribution in [0.5, 0.6) is 0 Å². The Labute approximate surface area is 113 Å². The van der Waals surface area contributed by atoms with Gasteiger partial charge < -0.3 is 10.6 Å². The first kappa shape index (κ1) is 13.4. The molecule has 2 N–H and O–H groups in total. The molecule has 1 aliphatic heterocycles. The average Bonchev–Trinajstić information content (AvgIpc) is 2.72. The van der Waals surface area contributed by atoms with Crippen molar-refractivity contribution >= 4 is 17.7 Å². The predicted octanol–water partition coefficient (Wildman–Crippen LogP) is 1.99. The Morgan fingerprint density at radius 1 is 1.44 bits per heavy atom. The van der Waals surface area contributed by atoms with Gasteiger partial charge in [0.05, 0.1) is 6.54 Å². The molecule has 3 nitrogen and oxygen atoms in total. The third-order valence-electron chi connectivity index (χ3n) is 2.92. The Kier molecular flexibility index (Phi) is 4.66. The molecule has 0 fully saturated rings. The van der Waals surface area contributed by atoms with Crippen molar-refractivity contribution in [1.29, 1.82) is 0 Å². The van der Waals surface area contributed by atoms with E-state index >= 15 is 0 Å². The first-order chi connectivity index (χ1) is 8.66. The monoisotopic (exact) mass is 264 g/mol. The molecule has 1 unspecified atom stereocenters. The largest absolute Gasteiger partial charge is 0.353 e. The number of amides is 1. The van der Waals surface area contributed by atoms with Gasteiger partial charge in [0.15, 0.2) is 0 Å². The number of fused-ring (bicyclic) bond motifs is 1. The van der Waals surface area contributed by atoms with Crippen LogP contribution in [0.3, 0.4) is 0 Å². The smallest absolute Gasteiger partial charge is 0.234 e. The second-order valence-corrected chi connectivity index (χ2v) is 5.96. The van der Waals surface area contributed by atoms with Gasteiger partial charge in [-0.2, -0.15) is 0 Å². The second kappa shape index (κ2) is 6.25. The van der Waals surface area contributed by atoms with Crippen LogP contribution >= 0.6 is 11.8 Å². The summed E-state index contributed by atoms with van der Waals surface area (Å²) >= 11 is 1.90. The highest BCUT2D eigenvalue weighted by molar-refractivity contribution is 7.99. The van der Waals surface area contributed by atoms with Crippen molar-refractivity contribution in [1.82, 2.24) is 10.6 Å². The molecule has 1 aliphatic rings. The molecular weight excluding hydrogens is 244 g/mol. The lowest BCUT2D eigenvalue weighted by atomic mass is 10.0. The van der Waals surface area contributed by atoms with Crippen molar-refractivity contribution in [2.45, 2.75) is 30.7 Å². The number of hydrogen-bond acceptors (Lipinski definition) is 3. The third-order valence-corrected chi connectivity index (χ3v) is 4.18. The Balaban J connectivity index is 1.77. The number of carbonyl (C=O) groups is 1. The predicted molar refractivity (Wildman–Crippen MR) is 76.1 cm³/mol. The number of thioether (sulfide) groups is 1. The fourth-order valence-electron chi connectivity index (χ4n) is 2.13. The van der Waals surface area contributed by atoms with Crippen LogP contribution in [-0.4, -0.2) is 30.8 Å². The van der Waals surface area contributed by atoms with Gasteiger partial charge in [0, 0.05) is 29.2 Å². The summed E-state index contributed by atoms with van der Waals surface area (Å²) in [4.78, 5) is 12.9. The molecule has 4 heteroatoms. The Hall–Kier alpha value is -1.00. The van der Waals surface area contributed by atoms with Crippen LogP contribution in [0.15, 0.2) is 29.2 Å². The molecule has 1 heterocycles. The van der Waals surface area contributed by atoms with Crippen LogP contribution in [0, 0.1) is 0 Å². The minimum Gasteiger partial charge on any atom is -0.353 e. The van der Waals surface area contributed by atoms with Crippen molar-refractivity contribution in [3.8, 4) is 0 Å². The normalized spacial score (nSPS) is 17.8. The van der Waals surface area contributed by atoms with Crippen molar-refractivity contribution in [2.75, 3.05) is 18.8 Å². The van der Waals surface area contributed by atoms with E-state index in [0.717, 1.165) is 12.3 Å². The number of hydrogen-bond donors (Lipinski definition) is 2. The van der Waals surface area contributed by atoms with Gasteiger partial charge in [-0.25, -0.2) is 0 Å². The maximum absolute atomic E-state index is 11.5. The van der Waals surface area contributed by atoms with Crippen LogP contribution in [0.25, 0.3) is 0 Å². The molecule has 0 saturated heterocycles. The van der Waals surface area contributed by atoms with Crippen LogP contribution in [-0.2, 0) is 4.79 Å². The molecule has 0 aromatic heterocycles. The number of carbonyl (C=O) groups excluding carboxylic acids is 1. The highest BCUT2D eigenvalue weighted by Gasteiger charge is 2.22. The maximum atomic E-state index is 11.5. The summed E-state index contributed by atoms with van der Waals surface area (Å²) in [5.41, 5.74) is 1.42. The van der Waals surface area contributed by atoms with Crippen molar-refractivity contribution in [3.63, 3.8) is 0 Å². The molecule has 2 rings (SSSR count). The van der Waals surface area contributed by atoms with E-state index in [9.17, 15) is 4.79 Å². The molecule has 1 aromatic rings. The molecular formula is C14H20N2OS. The van der Waals surface area contributed by atoms with Crippen LogP contribution in [0.1, 0.15) is 25.3 Å².